The van der Waals surface area contributed by atoms with Crippen LogP contribution in [-0.4, -0.2) is 6.04 Å². The molecule has 2 heteroatoms. The zero-order valence-corrected chi connectivity index (χ0v) is 11.5. The minimum absolute atomic E-state index is 0.0372. The summed E-state index contributed by atoms with van der Waals surface area (Å²) < 4.78 is 6.03. The lowest BCUT2D eigenvalue weighted by molar-refractivity contribution is 0.0255. The number of hydrogen-bond acceptors (Lipinski definition) is 2. The van der Waals surface area contributed by atoms with E-state index in [2.05, 4.69) is 31.2 Å². The first-order chi connectivity index (χ1) is 9.18. The average molecular weight is 255 g/mol. The van der Waals surface area contributed by atoms with E-state index in [4.69, 9.17) is 10.5 Å². The highest BCUT2D eigenvalue weighted by atomic mass is 16.5. The van der Waals surface area contributed by atoms with E-state index in [0.717, 1.165) is 0 Å². The predicted molar refractivity (Wildman–Crippen MR) is 78.8 cm³/mol. The molecule has 2 nitrogen and oxygen atoms in total. The summed E-state index contributed by atoms with van der Waals surface area (Å²) in [4.78, 5) is 0. The molecule has 0 saturated heterocycles. The summed E-state index contributed by atoms with van der Waals surface area (Å²) in [6, 6.07) is 18.4. The summed E-state index contributed by atoms with van der Waals surface area (Å²) >= 11 is 0. The molecule has 0 aliphatic heterocycles. The van der Waals surface area contributed by atoms with Crippen molar-refractivity contribution in [1.29, 1.82) is 0 Å². The van der Waals surface area contributed by atoms with E-state index in [1.807, 2.05) is 37.3 Å². The normalized spacial score (nSPS) is 14.1. The maximum atomic E-state index is 6.08. The summed E-state index contributed by atoms with van der Waals surface area (Å²) in [7, 11) is 0. The van der Waals surface area contributed by atoms with E-state index in [1.54, 1.807) is 0 Å². The van der Waals surface area contributed by atoms with Gasteiger partial charge in [-0.2, -0.15) is 0 Å². The molecule has 0 radical (unpaired) electrons. The molecule has 0 aliphatic rings. The Morgan fingerprint density at radius 2 is 1.63 bits per heavy atom. The van der Waals surface area contributed by atoms with Gasteiger partial charge in [-0.1, -0.05) is 54.6 Å². The van der Waals surface area contributed by atoms with Crippen LogP contribution in [0.3, 0.4) is 0 Å². The second-order valence-corrected chi connectivity index (χ2v) is 4.93. The minimum Gasteiger partial charge on any atom is -0.367 e. The Morgan fingerprint density at radius 1 is 1.00 bits per heavy atom. The third kappa shape index (κ3) is 3.66. The zero-order chi connectivity index (χ0) is 13.7. The van der Waals surface area contributed by atoms with Crippen molar-refractivity contribution in [2.45, 2.75) is 32.6 Å². The quantitative estimate of drug-likeness (QED) is 0.886. The van der Waals surface area contributed by atoms with Crippen LogP contribution in [-0.2, 0) is 11.3 Å². The Labute approximate surface area is 115 Å². The Hall–Kier alpha value is -1.64. The standard InChI is InChI=1S/C17H21NO/c1-13-8-6-7-11-16(13)17(14(2)18)19-12-15-9-4-3-5-10-15/h3-11,14,17H,12,18H2,1-2H3. The van der Waals surface area contributed by atoms with Crippen molar-refractivity contribution in [2.75, 3.05) is 0 Å². The number of ether oxygens (including phenoxy) is 1. The van der Waals surface area contributed by atoms with Gasteiger partial charge in [-0.25, -0.2) is 0 Å². The summed E-state index contributed by atoms with van der Waals surface area (Å²) in [5, 5.41) is 0. The second kappa shape index (κ2) is 6.50. The lowest BCUT2D eigenvalue weighted by atomic mass is 9.99. The summed E-state index contributed by atoms with van der Waals surface area (Å²) in [5.74, 6) is 0. The lowest BCUT2D eigenvalue weighted by Crippen LogP contribution is -2.27. The van der Waals surface area contributed by atoms with E-state index in [-0.39, 0.29) is 12.1 Å². The molecule has 0 bridgehead atoms. The van der Waals surface area contributed by atoms with Crippen LogP contribution in [0.15, 0.2) is 54.6 Å². The molecule has 19 heavy (non-hydrogen) atoms. The van der Waals surface area contributed by atoms with Crippen LogP contribution in [0.5, 0.6) is 0 Å². The van der Waals surface area contributed by atoms with Gasteiger partial charge in [0.1, 0.15) is 0 Å². The van der Waals surface area contributed by atoms with E-state index in [1.165, 1.54) is 16.7 Å². The van der Waals surface area contributed by atoms with E-state index in [0.29, 0.717) is 6.61 Å². The molecule has 0 heterocycles. The fraction of sp³-hybridized carbons (Fsp3) is 0.294. The Bertz CT molecular complexity index is 508. The van der Waals surface area contributed by atoms with Gasteiger partial charge in [0.05, 0.1) is 12.7 Å². The van der Waals surface area contributed by atoms with E-state index >= 15 is 0 Å². The van der Waals surface area contributed by atoms with Crippen molar-refractivity contribution in [3.05, 3.63) is 71.3 Å². The Kier molecular flexibility index (Phi) is 4.72. The average Bonchev–Trinajstić information content (AvgIpc) is 2.42. The first kappa shape index (κ1) is 13.8. The highest BCUT2D eigenvalue weighted by Crippen LogP contribution is 2.24. The summed E-state index contributed by atoms with van der Waals surface area (Å²) in [6.45, 7) is 4.67. The maximum Gasteiger partial charge on any atom is 0.0980 e. The molecule has 2 aromatic carbocycles. The third-order valence-electron chi connectivity index (χ3n) is 3.24. The monoisotopic (exact) mass is 255 g/mol. The van der Waals surface area contributed by atoms with Crippen molar-refractivity contribution in [1.82, 2.24) is 0 Å². The molecule has 0 fully saturated rings. The van der Waals surface area contributed by atoms with Gasteiger partial charge in [0, 0.05) is 6.04 Å². The van der Waals surface area contributed by atoms with Gasteiger partial charge in [-0.05, 0) is 30.5 Å². The van der Waals surface area contributed by atoms with Crippen molar-refractivity contribution in [2.24, 2.45) is 5.73 Å². The molecule has 100 valence electrons. The van der Waals surface area contributed by atoms with Crippen molar-refractivity contribution < 1.29 is 4.74 Å². The lowest BCUT2D eigenvalue weighted by Gasteiger charge is -2.23. The smallest absolute Gasteiger partial charge is 0.0980 e. The molecular weight excluding hydrogens is 234 g/mol. The highest BCUT2D eigenvalue weighted by molar-refractivity contribution is 5.28. The maximum absolute atomic E-state index is 6.08. The van der Waals surface area contributed by atoms with E-state index < -0.39 is 0 Å². The van der Waals surface area contributed by atoms with Crippen LogP contribution in [0, 0.1) is 6.92 Å². The predicted octanol–water partition coefficient (Wildman–Crippen LogP) is 3.60. The Balaban J connectivity index is 2.12. The summed E-state index contributed by atoms with van der Waals surface area (Å²) in [5.41, 5.74) is 9.64. The number of hydrogen-bond donors (Lipinski definition) is 1. The zero-order valence-electron chi connectivity index (χ0n) is 11.5. The molecule has 0 amide bonds. The SMILES string of the molecule is Cc1ccccc1C(OCc1ccccc1)C(C)N. The van der Waals surface area contributed by atoms with Gasteiger partial charge in [0.25, 0.3) is 0 Å². The van der Waals surface area contributed by atoms with Gasteiger partial charge in [-0.15, -0.1) is 0 Å². The van der Waals surface area contributed by atoms with Crippen LogP contribution >= 0.6 is 0 Å². The van der Waals surface area contributed by atoms with Crippen LogP contribution in [0.2, 0.25) is 0 Å². The summed E-state index contributed by atoms with van der Waals surface area (Å²) in [6.07, 6.45) is -0.0681. The molecule has 2 N–H and O–H groups in total. The molecule has 0 spiro atoms. The third-order valence-corrected chi connectivity index (χ3v) is 3.24. The Morgan fingerprint density at radius 3 is 2.26 bits per heavy atom. The number of aryl methyl sites for hydroxylation is 1. The van der Waals surface area contributed by atoms with E-state index in [9.17, 15) is 0 Å². The molecule has 0 aliphatic carbocycles. The van der Waals surface area contributed by atoms with Crippen LogP contribution in [0.4, 0.5) is 0 Å². The molecule has 2 unspecified atom stereocenters. The van der Waals surface area contributed by atoms with Gasteiger partial charge in [0.15, 0.2) is 0 Å². The molecule has 2 rings (SSSR count). The number of nitrogens with two attached hydrogens (primary N) is 1. The topological polar surface area (TPSA) is 35.2 Å². The van der Waals surface area contributed by atoms with Gasteiger partial charge in [0.2, 0.25) is 0 Å². The highest BCUT2D eigenvalue weighted by Gasteiger charge is 2.18. The van der Waals surface area contributed by atoms with Gasteiger partial charge < -0.3 is 10.5 Å². The molecule has 2 aromatic rings. The number of rotatable bonds is 5. The van der Waals surface area contributed by atoms with Crippen LogP contribution in [0.1, 0.15) is 29.7 Å². The molecule has 0 aromatic heterocycles. The van der Waals surface area contributed by atoms with Crippen molar-refractivity contribution in [3.63, 3.8) is 0 Å². The first-order valence-electron chi connectivity index (χ1n) is 6.65. The van der Waals surface area contributed by atoms with Crippen molar-refractivity contribution >= 4 is 0 Å². The van der Waals surface area contributed by atoms with Crippen LogP contribution < -0.4 is 5.73 Å². The largest absolute Gasteiger partial charge is 0.367 e. The van der Waals surface area contributed by atoms with Gasteiger partial charge >= 0.3 is 0 Å². The number of benzene rings is 2. The molecular formula is C17H21NO. The fourth-order valence-electron chi connectivity index (χ4n) is 2.19. The first-order valence-corrected chi connectivity index (χ1v) is 6.65. The van der Waals surface area contributed by atoms with Crippen molar-refractivity contribution in [3.8, 4) is 0 Å². The molecule has 2 atom stereocenters. The fourth-order valence-corrected chi connectivity index (χ4v) is 2.19. The van der Waals surface area contributed by atoms with Crippen LogP contribution in [0.25, 0.3) is 0 Å². The minimum atomic E-state index is -0.0681. The molecule has 0 saturated carbocycles. The van der Waals surface area contributed by atoms with Gasteiger partial charge in [-0.3, -0.25) is 0 Å². The second-order valence-electron chi connectivity index (χ2n) is 4.93.